The average Bonchev–Trinajstić information content (AvgIpc) is 2.86. The van der Waals surface area contributed by atoms with E-state index in [0.717, 1.165) is 16.9 Å². The molecule has 35 heavy (non-hydrogen) atoms. The van der Waals surface area contributed by atoms with Gasteiger partial charge in [0.15, 0.2) is 9.84 Å². The number of aromatic nitrogens is 1. The van der Waals surface area contributed by atoms with Gasteiger partial charge in [0.1, 0.15) is 17.5 Å². The first-order valence-electron chi connectivity index (χ1n) is 11.6. The molecular weight excluding hydrogens is 466 g/mol. The van der Waals surface area contributed by atoms with Crippen molar-refractivity contribution in [1.29, 1.82) is 0 Å². The van der Waals surface area contributed by atoms with E-state index in [0.29, 0.717) is 31.3 Å². The first kappa shape index (κ1) is 24.7. The molecule has 0 saturated carbocycles. The van der Waals surface area contributed by atoms with E-state index in [-0.39, 0.29) is 24.0 Å². The van der Waals surface area contributed by atoms with Gasteiger partial charge < -0.3 is 14.8 Å². The Hall–Kier alpha value is -3.43. The lowest BCUT2D eigenvalue weighted by atomic mass is 10.0. The maximum absolute atomic E-state index is 13.3. The van der Waals surface area contributed by atoms with Crippen LogP contribution >= 0.6 is 0 Å². The van der Waals surface area contributed by atoms with Gasteiger partial charge in [-0.1, -0.05) is 30.3 Å². The molecule has 184 valence electrons. The molecule has 1 aliphatic heterocycles. The molecule has 3 aromatic rings. The van der Waals surface area contributed by atoms with Crippen LogP contribution in [0.15, 0.2) is 72.9 Å². The summed E-state index contributed by atoms with van der Waals surface area (Å²) in [7, 11) is -3.05. The fraction of sp³-hybridized carbons (Fsp3) is 0.308. The van der Waals surface area contributed by atoms with Crippen molar-refractivity contribution in [1.82, 2.24) is 15.2 Å². The van der Waals surface area contributed by atoms with Crippen molar-refractivity contribution < 1.29 is 22.7 Å². The normalized spacial score (nSPS) is 16.3. The SMILES string of the molecule is CCOc1ccc(Oc2cc(CNC(=O)C(c3ccccc3)N3CCS(=O)(=O)CC3)ccn2)cc1. The number of nitrogens with one attached hydrogen (secondary N) is 1. The van der Waals surface area contributed by atoms with Crippen LogP contribution in [0.25, 0.3) is 0 Å². The van der Waals surface area contributed by atoms with Crippen LogP contribution < -0.4 is 14.8 Å². The molecule has 4 rings (SSSR count). The maximum atomic E-state index is 13.3. The summed E-state index contributed by atoms with van der Waals surface area (Å²) in [6.45, 7) is 3.46. The van der Waals surface area contributed by atoms with Gasteiger partial charge in [-0.15, -0.1) is 0 Å². The number of hydrogen-bond acceptors (Lipinski definition) is 7. The molecule has 1 fully saturated rings. The zero-order valence-corrected chi connectivity index (χ0v) is 20.4. The third kappa shape index (κ3) is 6.80. The molecule has 1 amide bonds. The summed E-state index contributed by atoms with van der Waals surface area (Å²) in [5.41, 5.74) is 1.67. The molecule has 9 heteroatoms. The molecule has 1 aliphatic rings. The molecule has 1 N–H and O–H groups in total. The highest BCUT2D eigenvalue weighted by atomic mass is 32.2. The van der Waals surface area contributed by atoms with Crippen LogP contribution in [0.5, 0.6) is 17.4 Å². The highest BCUT2D eigenvalue weighted by Crippen LogP contribution is 2.25. The Morgan fingerprint density at radius 1 is 1.03 bits per heavy atom. The van der Waals surface area contributed by atoms with Gasteiger partial charge in [0.25, 0.3) is 0 Å². The Balaban J connectivity index is 1.42. The van der Waals surface area contributed by atoms with E-state index in [4.69, 9.17) is 9.47 Å². The average molecular weight is 496 g/mol. The van der Waals surface area contributed by atoms with E-state index in [2.05, 4.69) is 10.3 Å². The van der Waals surface area contributed by atoms with Crippen LogP contribution in [0.4, 0.5) is 0 Å². The molecule has 1 saturated heterocycles. The maximum Gasteiger partial charge on any atom is 0.242 e. The number of carbonyl (C=O) groups excluding carboxylic acids is 1. The molecule has 2 aromatic carbocycles. The first-order chi connectivity index (χ1) is 16.9. The Labute approximate surface area is 205 Å². The van der Waals surface area contributed by atoms with E-state index >= 15 is 0 Å². The predicted molar refractivity (Wildman–Crippen MR) is 133 cm³/mol. The Bertz CT molecular complexity index is 1220. The van der Waals surface area contributed by atoms with Crippen molar-refractivity contribution in [3.63, 3.8) is 0 Å². The van der Waals surface area contributed by atoms with Gasteiger partial charge >= 0.3 is 0 Å². The molecule has 2 heterocycles. The number of hydrogen-bond donors (Lipinski definition) is 1. The van der Waals surface area contributed by atoms with Crippen LogP contribution in [-0.4, -0.2) is 55.4 Å². The molecular formula is C26H29N3O5S. The summed E-state index contributed by atoms with van der Waals surface area (Å²) in [5.74, 6) is 1.75. The van der Waals surface area contributed by atoms with Gasteiger partial charge in [-0.3, -0.25) is 9.69 Å². The van der Waals surface area contributed by atoms with Crippen molar-refractivity contribution in [2.24, 2.45) is 0 Å². The minimum Gasteiger partial charge on any atom is -0.494 e. The molecule has 8 nitrogen and oxygen atoms in total. The van der Waals surface area contributed by atoms with Crippen LogP contribution in [0.3, 0.4) is 0 Å². The van der Waals surface area contributed by atoms with Crippen LogP contribution in [-0.2, 0) is 21.2 Å². The molecule has 0 bridgehead atoms. The fourth-order valence-corrected chi connectivity index (χ4v) is 5.17. The van der Waals surface area contributed by atoms with Crippen molar-refractivity contribution in [2.75, 3.05) is 31.2 Å². The lowest BCUT2D eigenvalue weighted by Gasteiger charge is -2.33. The molecule has 0 aliphatic carbocycles. The van der Waals surface area contributed by atoms with Crippen molar-refractivity contribution >= 4 is 15.7 Å². The van der Waals surface area contributed by atoms with E-state index in [9.17, 15) is 13.2 Å². The molecule has 1 aromatic heterocycles. The molecule has 1 atom stereocenters. The van der Waals surface area contributed by atoms with Gasteiger partial charge in [-0.05, 0) is 48.4 Å². The summed E-state index contributed by atoms with van der Waals surface area (Å²) in [5, 5.41) is 3.00. The lowest BCUT2D eigenvalue weighted by molar-refractivity contribution is -0.126. The van der Waals surface area contributed by atoms with Crippen LogP contribution in [0.2, 0.25) is 0 Å². The van der Waals surface area contributed by atoms with Crippen molar-refractivity contribution in [3.8, 4) is 17.4 Å². The van der Waals surface area contributed by atoms with Crippen molar-refractivity contribution in [3.05, 3.63) is 84.1 Å². The summed E-state index contributed by atoms with van der Waals surface area (Å²) >= 11 is 0. The number of benzene rings is 2. The standard InChI is InChI=1S/C26H29N3O5S/c1-2-33-22-8-10-23(11-9-22)34-24-18-20(12-13-27-24)19-28-26(30)25(21-6-4-3-5-7-21)29-14-16-35(31,32)17-15-29/h3-13,18,25H,2,14-17,19H2,1H3,(H,28,30). The molecule has 0 spiro atoms. The number of rotatable bonds is 9. The summed E-state index contributed by atoms with van der Waals surface area (Å²) in [4.78, 5) is 19.5. The van der Waals surface area contributed by atoms with Gasteiger partial charge in [0, 0.05) is 31.9 Å². The first-order valence-corrected chi connectivity index (χ1v) is 13.4. The second-order valence-corrected chi connectivity index (χ2v) is 10.5. The van der Waals surface area contributed by atoms with E-state index in [1.807, 2.05) is 72.5 Å². The topological polar surface area (TPSA) is 97.8 Å². The smallest absolute Gasteiger partial charge is 0.242 e. The number of amides is 1. The summed E-state index contributed by atoms with van der Waals surface area (Å²) in [6.07, 6.45) is 1.63. The predicted octanol–water partition coefficient (Wildman–Crippen LogP) is 3.36. The highest BCUT2D eigenvalue weighted by molar-refractivity contribution is 7.91. The van der Waals surface area contributed by atoms with Crippen LogP contribution in [0.1, 0.15) is 24.1 Å². The Morgan fingerprint density at radius 3 is 2.40 bits per heavy atom. The van der Waals surface area contributed by atoms with Gasteiger partial charge in [0.05, 0.1) is 18.1 Å². The Kier molecular flexibility index (Phi) is 7.99. The third-order valence-electron chi connectivity index (χ3n) is 5.73. The monoisotopic (exact) mass is 495 g/mol. The second kappa shape index (κ2) is 11.3. The zero-order valence-electron chi connectivity index (χ0n) is 19.6. The quantitative estimate of drug-likeness (QED) is 0.486. The number of ether oxygens (including phenoxy) is 2. The van der Waals surface area contributed by atoms with Crippen LogP contribution in [0, 0.1) is 0 Å². The van der Waals surface area contributed by atoms with Gasteiger partial charge in [-0.2, -0.15) is 0 Å². The minimum absolute atomic E-state index is 0.0558. The largest absolute Gasteiger partial charge is 0.494 e. The third-order valence-corrected chi connectivity index (χ3v) is 7.34. The van der Waals surface area contributed by atoms with Gasteiger partial charge in [0.2, 0.25) is 11.8 Å². The number of nitrogens with zero attached hydrogens (tertiary/aromatic N) is 2. The second-order valence-electron chi connectivity index (χ2n) is 8.23. The van der Waals surface area contributed by atoms with E-state index in [1.165, 1.54) is 0 Å². The summed E-state index contributed by atoms with van der Waals surface area (Å²) < 4.78 is 35.1. The van der Waals surface area contributed by atoms with E-state index in [1.54, 1.807) is 12.3 Å². The lowest BCUT2D eigenvalue weighted by Crippen LogP contribution is -2.47. The number of pyridine rings is 1. The van der Waals surface area contributed by atoms with E-state index < -0.39 is 15.9 Å². The number of carbonyl (C=O) groups is 1. The van der Waals surface area contributed by atoms with Gasteiger partial charge in [-0.25, -0.2) is 13.4 Å². The number of sulfone groups is 1. The molecule has 1 unspecified atom stereocenters. The summed E-state index contributed by atoms with van der Waals surface area (Å²) in [6, 6.07) is 19.7. The fourth-order valence-electron chi connectivity index (χ4n) is 3.94. The highest BCUT2D eigenvalue weighted by Gasteiger charge is 2.32. The Morgan fingerprint density at radius 2 is 1.71 bits per heavy atom. The zero-order chi connectivity index (χ0) is 24.7. The molecule has 0 radical (unpaired) electrons. The minimum atomic E-state index is -3.05. The van der Waals surface area contributed by atoms with Crippen molar-refractivity contribution in [2.45, 2.75) is 19.5 Å².